The number of methoxy groups -OCH3 is 1. The average Bonchev–Trinajstić information content (AvgIpc) is 2.50. The van der Waals surface area contributed by atoms with Crippen LogP contribution in [-0.4, -0.2) is 26.5 Å². The van der Waals surface area contributed by atoms with E-state index in [1.54, 1.807) is 6.07 Å². The summed E-state index contributed by atoms with van der Waals surface area (Å²) in [6, 6.07) is 6.69. The van der Waals surface area contributed by atoms with Gasteiger partial charge in [0.25, 0.3) is 10.0 Å². The highest BCUT2D eigenvalue weighted by atomic mass is 35.5. The van der Waals surface area contributed by atoms with Crippen molar-refractivity contribution in [3.8, 4) is 11.5 Å². The number of ether oxygens (including phenoxy) is 1. The Morgan fingerprint density at radius 2 is 1.88 bits per heavy atom. The number of aromatic hydroxyl groups is 1. The monoisotopic (exact) mass is 404 g/mol. The van der Waals surface area contributed by atoms with Crippen LogP contribution < -0.4 is 14.8 Å². The van der Waals surface area contributed by atoms with E-state index in [4.69, 9.17) is 27.9 Å². The maximum absolute atomic E-state index is 12.6. The number of anilines is 2. The van der Waals surface area contributed by atoms with Gasteiger partial charge in [-0.15, -0.1) is 0 Å². The Bertz CT molecular complexity index is 932. The van der Waals surface area contributed by atoms with E-state index >= 15 is 0 Å². The van der Waals surface area contributed by atoms with Crippen molar-refractivity contribution in [2.75, 3.05) is 17.1 Å². The lowest BCUT2D eigenvalue weighted by molar-refractivity contribution is -0.114. The van der Waals surface area contributed by atoms with E-state index in [0.717, 1.165) is 6.07 Å². The Morgan fingerprint density at radius 1 is 1.20 bits per heavy atom. The molecule has 0 saturated carbocycles. The Balaban J connectivity index is 2.49. The van der Waals surface area contributed by atoms with Crippen molar-refractivity contribution in [2.24, 2.45) is 0 Å². The van der Waals surface area contributed by atoms with Gasteiger partial charge in [0.1, 0.15) is 10.6 Å². The van der Waals surface area contributed by atoms with Gasteiger partial charge < -0.3 is 15.2 Å². The number of nitrogens with one attached hydrogen (secondary N) is 2. The molecule has 0 heterocycles. The zero-order valence-corrected chi connectivity index (χ0v) is 15.5. The minimum atomic E-state index is -4.23. The zero-order valence-electron chi connectivity index (χ0n) is 13.1. The summed E-state index contributed by atoms with van der Waals surface area (Å²) in [6.45, 7) is 1.32. The number of carbonyl (C=O) groups excluding carboxylic acids is 1. The number of sulfonamides is 1. The molecule has 0 saturated heterocycles. The van der Waals surface area contributed by atoms with Crippen molar-refractivity contribution < 1.29 is 23.1 Å². The van der Waals surface area contributed by atoms with E-state index in [1.165, 1.54) is 32.2 Å². The molecule has 0 aliphatic carbocycles. The summed E-state index contributed by atoms with van der Waals surface area (Å²) in [5.74, 6) is -0.737. The third-order valence-electron chi connectivity index (χ3n) is 3.05. The molecular formula is C15H14Cl2N2O5S. The third kappa shape index (κ3) is 4.47. The predicted molar refractivity (Wildman–Crippen MR) is 96.2 cm³/mol. The van der Waals surface area contributed by atoms with Crippen LogP contribution in [0.4, 0.5) is 11.4 Å². The largest absolute Gasteiger partial charge is 0.505 e. The highest BCUT2D eigenvalue weighted by Crippen LogP contribution is 2.36. The number of carbonyl (C=O) groups is 1. The highest BCUT2D eigenvalue weighted by molar-refractivity contribution is 7.92. The maximum Gasteiger partial charge on any atom is 0.265 e. The van der Waals surface area contributed by atoms with Crippen LogP contribution in [0.25, 0.3) is 0 Å². The fourth-order valence-corrected chi connectivity index (χ4v) is 3.84. The molecular weight excluding hydrogens is 391 g/mol. The number of halogens is 2. The van der Waals surface area contributed by atoms with Crippen LogP contribution >= 0.6 is 23.2 Å². The van der Waals surface area contributed by atoms with Crippen LogP contribution in [0.1, 0.15) is 6.92 Å². The van der Waals surface area contributed by atoms with Crippen molar-refractivity contribution in [3.63, 3.8) is 0 Å². The summed E-state index contributed by atoms with van der Waals surface area (Å²) in [5.41, 5.74) is 0.420. The Morgan fingerprint density at radius 3 is 2.48 bits per heavy atom. The molecule has 10 heteroatoms. The number of hydrogen-bond acceptors (Lipinski definition) is 5. The van der Waals surface area contributed by atoms with Crippen LogP contribution in [0, 0.1) is 0 Å². The van der Waals surface area contributed by atoms with Crippen molar-refractivity contribution in [1.29, 1.82) is 0 Å². The molecule has 0 fully saturated rings. The zero-order chi connectivity index (χ0) is 18.8. The molecule has 0 atom stereocenters. The molecule has 134 valence electrons. The molecule has 0 aliphatic heterocycles. The number of hydrogen-bond donors (Lipinski definition) is 3. The van der Waals surface area contributed by atoms with Crippen molar-refractivity contribution in [3.05, 3.63) is 40.4 Å². The van der Waals surface area contributed by atoms with Gasteiger partial charge in [0, 0.05) is 17.6 Å². The van der Waals surface area contributed by atoms with E-state index in [2.05, 4.69) is 10.0 Å². The lowest BCUT2D eigenvalue weighted by Crippen LogP contribution is -2.14. The van der Waals surface area contributed by atoms with Gasteiger partial charge in [-0.25, -0.2) is 8.42 Å². The van der Waals surface area contributed by atoms with Gasteiger partial charge in [0.2, 0.25) is 5.91 Å². The molecule has 0 bridgehead atoms. The lowest BCUT2D eigenvalue weighted by Gasteiger charge is -2.15. The van der Waals surface area contributed by atoms with Gasteiger partial charge >= 0.3 is 0 Å². The molecule has 25 heavy (non-hydrogen) atoms. The molecule has 1 amide bonds. The van der Waals surface area contributed by atoms with Gasteiger partial charge in [-0.05, 0) is 30.3 Å². The molecule has 2 aromatic carbocycles. The van der Waals surface area contributed by atoms with Gasteiger partial charge in [-0.1, -0.05) is 23.2 Å². The molecule has 0 aromatic heterocycles. The van der Waals surface area contributed by atoms with Crippen LogP contribution in [0.15, 0.2) is 35.2 Å². The molecule has 0 aliphatic rings. The first-order chi connectivity index (χ1) is 11.6. The minimum Gasteiger partial charge on any atom is -0.505 e. The van der Waals surface area contributed by atoms with Crippen LogP contribution in [0.2, 0.25) is 10.0 Å². The summed E-state index contributed by atoms with van der Waals surface area (Å²) in [6.07, 6.45) is 0. The van der Waals surface area contributed by atoms with Crippen LogP contribution in [0.3, 0.4) is 0 Å². The summed E-state index contributed by atoms with van der Waals surface area (Å²) in [7, 11) is -2.87. The van der Waals surface area contributed by atoms with E-state index in [-0.39, 0.29) is 27.4 Å². The predicted octanol–water partition coefficient (Wildman–Crippen LogP) is 3.47. The Labute approximate surface area is 154 Å². The van der Waals surface area contributed by atoms with E-state index < -0.39 is 20.7 Å². The molecule has 0 unspecified atom stereocenters. The topological polar surface area (TPSA) is 105 Å². The van der Waals surface area contributed by atoms with Gasteiger partial charge in [-0.2, -0.15) is 0 Å². The first-order valence-corrected chi connectivity index (χ1v) is 9.04. The molecule has 2 rings (SSSR count). The first kappa shape index (κ1) is 19.2. The number of amides is 1. The second-order valence-electron chi connectivity index (χ2n) is 4.94. The highest BCUT2D eigenvalue weighted by Gasteiger charge is 2.23. The smallest absolute Gasteiger partial charge is 0.265 e. The third-order valence-corrected chi connectivity index (χ3v) is 4.93. The standard InChI is InChI=1S/C15H14Cl2N2O5S/c1-8(20)18-10-3-4-13(24-2)12(7-10)19-25(22,23)14-6-9(16)5-11(17)15(14)21/h3-7,19,21H,1-2H3,(H,18,20). The summed E-state index contributed by atoms with van der Waals surface area (Å²) in [5, 5.41) is 12.3. The molecule has 0 spiro atoms. The second-order valence-corrected chi connectivity index (χ2v) is 7.43. The maximum atomic E-state index is 12.6. The second kappa shape index (κ2) is 7.38. The minimum absolute atomic E-state index is 0.0436. The quantitative estimate of drug-likeness (QED) is 0.707. The lowest BCUT2D eigenvalue weighted by atomic mass is 10.2. The van der Waals surface area contributed by atoms with Crippen molar-refractivity contribution in [1.82, 2.24) is 0 Å². The summed E-state index contributed by atoms with van der Waals surface area (Å²) < 4.78 is 32.6. The number of phenolic OH excluding ortho intramolecular Hbond substituents is 1. The van der Waals surface area contributed by atoms with Crippen molar-refractivity contribution in [2.45, 2.75) is 11.8 Å². The number of rotatable bonds is 5. The average molecular weight is 405 g/mol. The fraction of sp³-hybridized carbons (Fsp3) is 0.133. The van der Waals surface area contributed by atoms with E-state index in [0.29, 0.717) is 5.69 Å². The summed E-state index contributed by atoms with van der Waals surface area (Å²) >= 11 is 11.6. The van der Waals surface area contributed by atoms with Crippen molar-refractivity contribution >= 4 is 50.5 Å². The SMILES string of the molecule is COc1ccc(NC(C)=O)cc1NS(=O)(=O)c1cc(Cl)cc(Cl)c1O. The van der Waals surface area contributed by atoms with E-state index in [9.17, 15) is 18.3 Å². The van der Waals surface area contributed by atoms with Crippen LogP contribution in [-0.2, 0) is 14.8 Å². The van der Waals surface area contributed by atoms with Gasteiger partial charge in [0.05, 0.1) is 17.8 Å². The van der Waals surface area contributed by atoms with Gasteiger partial charge in [-0.3, -0.25) is 9.52 Å². The Hall–Kier alpha value is -2.16. The van der Waals surface area contributed by atoms with E-state index in [1.807, 2.05) is 0 Å². The van der Waals surface area contributed by atoms with Gasteiger partial charge in [0.15, 0.2) is 5.75 Å². The molecule has 3 N–H and O–H groups in total. The molecule has 0 radical (unpaired) electrons. The number of benzene rings is 2. The van der Waals surface area contributed by atoms with Crippen LogP contribution in [0.5, 0.6) is 11.5 Å². The first-order valence-electron chi connectivity index (χ1n) is 6.80. The Kier molecular flexibility index (Phi) is 5.66. The normalized spacial score (nSPS) is 11.0. The summed E-state index contributed by atoms with van der Waals surface area (Å²) in [4.78, 5) is 10.7. The fourth-order valence-electron chi connectivity index (χ4n) is 2.02. The number of phenols is 1. The molecule has 7 nitrogen and oxygen atoms in total. The molecule has 2 aromatic rings.